The molecule has 1 aliphatic heterocycles. The molecule has 1 N–H and O–H groups in total. The number of ether oxygens (including phenoxy) is 1. The third-order valence-electron chi connectivity index (χ3n) is 3.37. The molecule has 0 spiro atoms. The molecule has 0 aromatic heterocycles. The van der Waals surface area contributed by atoms with E-state index < -0.39 is 0 Å². The third-order valence-corrected chi connectivity index (χ3v) is 3.37. The summed E-state index contributed by atoms with van der Waals surface area (Å²) < 4.78 is 5.84. The van der Waals surface area contributed by atoms with Crippen LogP contribution in [0.25, 0.3) is 0 Å². The van der Waals surface area contributed by atoms with Crippen LogP contribution < -0.4 is 10.1 Å². The molecular weight excluding hydrogens is 236 g/mol. The zero-order chi connectivity index (χ0) is 13.5. The first-order chi connectivity index (χ1) is 9.28. The molecule has 0 unspecified atom stereocenters. The van der Waals surface area contributed by atoms with Crippen LogP contribution in [0.1, 0.15) is 18.9 Å². The maximum absolute atomic E-state index is 5.84. The number of nitrogens with one attached hydrogen (secondary N) is 1. The van der Waals surface area contributed by atoms with Crippen molar-refractivity contribution in [1.82, 2.24) is 10.2 Å². The number of rotatable bonds is 6. The van der Waals surface area contributed by atoms with E-state index in [1.807, 2.05) is 13.1 Å². The first-order valence-corrected chi connectivity index (χ1v) is 7.02. The topological polar surface area (TPSA) is 24.5 Å². The molecule has 0 radical (unpaired) electrons. The number of benzene rings is 1. The Morgan fingerprint density at radius 3 is 3.05 bits per heavy atom. The Kier molecular flexibility index (Phi) is 5.43. The second-order valence-corrected chi connectivity index (χ2v) is 5.14. The highest BCUT2D eigenvalue weighted by atomic mass is 16.5. The fourth-order valence-corrected chi connectivity index (χ4v) is 2.42. The van der Waals surface area contributed by atoms with E-state index in [4.69, 9.17) is 4.74 Å². The summed E-state index contributed by atoms with van der Waals surface area (Å²) in [4.78, 5) is 2.45. The molecule has 0 bridgehead atoms. The van der Waals surface area contributed by atoms with Crippen molar-refractivity contribution in [1.29, 1.82) is 0 Å². The van der Waals surface area contributed by atoms with Crippen LogP contribution >= 0.6 is 0 Å². The molecule has 0 amide bonds. The number of nitrogens with zero attached hydrogens (tertiary/aromatic N) is 1. The van der Waals surface area contributed by atoms with Gasteiger partial charge in [0.2, 0.25) is 0 Å². The van der Waals surface area contributed by atoms with Crippen LogP contribution in [0.3, 0.4) is 0 Å². The molecule has 3 nitrogen and oxygen atoms in total. The van der Waals surface area contributed by atoms with Crippen LogP contribution in [-0.2, 0) is 6.54 Å². The first kappa shape index (κ1) is 14.1. The Labute approximate surface area is 116 Å². The zero-order valence-electron chi connectivity index (χ0n) is 12.0. The van der Waals surface area contributed by atoms with Gasteiger partial charge in [-0.2, -0.15) is 0 Å². The van der Waals surface area contributed by atoms with Crippen molar-refractivity contribution in [3.63, 3.8) is 0 Å². The highest BCUT2D eigenvalue weighted by molar-refractivity contribution is 5.28. The number of hydrogen-bond acceptors (Lipinski definition) is 3. The van der Waals surface area contributed by atoms with Gasteiger partial charge in [-0.05, 0) is 38.1 Å². The molecule has 3 heteroatoms. The van der Waals surface area contributed by atoms with Gasteiger partial charge < -0.3 is 10.1 Å². The summed E-state index contributed by atoms with van der Waals surface area (Å²) >= 11 is 0. The summed E-state index contributed by atoms with van der Waals surface area (Å²) in [6.07, 6.45) is 3.50. The van der Waals surface area contributed by atoms with Crippen LogP contribution in [0, 0.1) is 0 Å². The molecule has 0 aliphatic carbocycles. The van der Waals surface area contributed by atoms with E-state index in [1.54, 1.807) is 0 Å². The lowest BCUT2D eigenvalue weighted by Gasteiger charge is -2.25. The average Bonchev–Trinajstić information content (AvgIpc) is 2.40. The Bertz CT molecular complexity index is 429. The smallest absolute Gasteiger partial charge is 0.119 e. The highest BCUT2D eigenvalue weighted by Crippen LogP contribution is 2.14. The molecule has 104 valence electrons. The fourth-order valence-electron chi connectivity index (χ4n) is 2.42. The maximum Gasteiger partial charge on any atom is 0.119 e. The van der Waals surface area contributed by atoms with Crippen LogP contribution in [0.15, 0.2) is 35.9 Å². The normalized spacial score (nSPS) is 16.2. The zero-order valence-corrected chi connectivity index (χ0v) is 12.0. The van der Waals surface area contributed by atoms with Crippen LogP contribution in [-0.4, -0.2) is 38.2 Å². The van der Waals surface area contributed by atoms with Gasteiger partial charge in [-0.1, -0.05) is 23.8 Å². The molecule has 1 heterocycles. The van der Waals surface area contributed by atoms with Crippen LogP contribution in [0.5, 0.6) is 5.75 Å². The van der Waals surface area contributed by atoms with Crippen molar-refractivity contribution in [3.8, 4) is 5.75 Å². The predicted molar refractivity (Wildman–Crippen MR) is 79.5 cm³/mol. The van der Waals surface area contributed by atoms with Gasteiger partial charge in [0.05, 0.1) is 0 Å². The van der Waals surface area contributed by atoms with Gasteiger partial charge in [0.1, 0.15) is 12.4 Å². The fraction of sp³-hybridized carbons (Fsp3) is 0.500. The molecule has 0 saturated heterocycles. The minimum absolute atomic E-state index is 0.760. The largest absolute Gasteiger partial charge is 0.492 e. The van der Waals surface area contributed by atoms with Crippen molar-refractivity contribution < 1.29 is 4.74 Å². The second kappa shape index (κ2) is 7.31. The lowest BCUT2D eigenvalue weighted by molar-refractivity contribution is 0.217. The SMILES string of the molecule is CNCc1cccc(OCCN2CCC=C(C)C2)c1. The Morgan fingerprint density at radius 2 is 2.26 bits per heavy atom. The molecule has 1 aromatic rings. The molecule has 1 aromatic carbocycles. The van der Waals surface area contributed by atoms with E-state index in [-0.39, 0.29) is 0 Å². The molecule has 0 saturated carbocycles. The van der Waals surface area contributed by atoms with E-state index in [0.717, 1.165) is 38.5 Å². The summed E-state index contributed by atoms with van der Waals surface area (Å²) in [5.74, 6) is 0.969. The van der Waals surface area contributed by atoms with Gasteiger partial charge in [-0.3, -0.25) is 4.90 Å². The minimum Gasteiger partial charge on any atom is -0.492 e. The lowest BCUT2D eigenvalue weighted by atomic mass is 10.1. The molecule has 0 atom stereocenters. The summed E-state index contributed by atoms with van der Waals surface area (Å²) in [6.45, 7) is 7.09. The molecule has 19 heavy (non-hydrogen) atoms. The van der Waals surface area contributed by atoms with Crippen molar-refractivity contribution in [2.75, 3.05) is 33.3 Å². The molecular formula is C16H24N2O. The van der Waals surface area contributed by atoms with Crippen molar-refractivity contribution in [3.05, 3.63) is 41.5 Å². The second-order valence-electron chi connectivity index (χ2n) is 5.14. The van der Waals surface area contributed by atoms with E-state index in [2.05, 4.69) is 41.4 Å². The lowest BCUT2D eigenvalue weighted by Crippen LogP contribution is -2.33. The number of hydrogen-bond donors (Lipinski definition) is 1. The van der Waals surface area contributed by atoms with E-state index in [0.29, 0.717) is 0 Å². The molecule has 1 aliphatic rings. The van der Waals surface area contributed by atoms with Gasteiger partial charge in [0.25, 0.3) is 0 Å². The maximum atomic E-state index is 5.84. The Morgan fingerprint density at radius 1 is 1.37 bits per heavy atom. The molecule has 0 fully saturated rings. The summed E-state index contributed by atoms with van der Waals surface area (Å²) in [7, 11) is 1.96. The summed E-state index contributed by atoms with van der Waals surface area (Å²) in [5, 5.41) is 3.15. The van der Waals surface area contributed by atoms with Crippen molar-refractivity contribution in [2.45, 2.75) is 19.9 Å². The first-order valence-electron chi connectivity index (χ1n) is 7.02. The molecule has 2 rings (SSSR count). The van der Waals surface area contributed by atoms with Gasteiger partial charge >= 0.3 is 0 Å². The predicted octanol–water partition coefficient (Wildman–Crippen LogP) is 2.44. The van der Waals surface area contributed by atoms with Gasteiger partial charge in [-0.25, -0.2) is 0 Å². The Balaban J connectivity index is 1.76. The van der Waals surface area contributed by atoms with Gasteiger partial charge in [0.15, 0.2) is 0 Å². The van der Waals surface area contributed by atoms with Gasteiger partial charge in [0, 0.05) is 26.2 Å². The summed E-state index contributed by atoms with van der Waals surface area (Å²) in [6, 6.07) is 8.30. The highest BCUT2D eigenvalue weighted by Gasteiger charge is 2.09. The quantitative estimate of drug-likeness (QED) is 0.795. The standard InChI is InChI=1S/C16H24N2O/c1-14-5-4-8-18(13-14)9-10-19-16-7-3-6-15(11-16)12-17-2/h3,5-7,11,17H,4,8-10,12-13H2,1-2H3. The van der Waals surface area contributed by atoms with Gasteiger partial charge in [-0.15, -0.1) is 0 Å². The van der Waals surface area contributed by atoms with E-state index in [9.17, 15) is 0 Å². The third kappa shape index (κ3) is 4.69. The van der Waals surface area contributed by atoms with Crippen molar-refractivity contribution >= 4 is 0 Å². The minimum atomic E-state index is 0.760. The van der Waals surface area contributed by atoms with E-state index in [1.165, 1.54) is 17.6 Å². The van der Waals surface area contributed by atoms with Crippen molar-refractivity contribution in [2.24, 2.45) is 0 Å². The average molecular weight is 260 g/mol. The van der Waals surface area contributed by atoms with Crippen LogP contribution in [0.2, 0.25) is 0 Å². The van der Waals surface area contributed by atoms with E-state index >= 15 is 0 Å². The van der Waals surface area contributed by atoms with Crippen LogP contribution in [0.4, 0.5) is 0 Å². The monoisotopic (exact) mass is 260 g/mol. The summed E-state index contributed by atoms with van der Waals surface area (Å²) in [5.41, 5.74) is 2.74. The Hall–Kier alpha value is -1.32.